The smallest absolute Gasteiger partial charge is 0.158 e. The van der Waals surface area contributed by atoms with Crippen LogP contribution in [-0.2, 0) is 11.2 Å². The van der Waals surface area contributed by atoms with Crippen LogP contribution < -0.4 is 0 Å². The van der Waals surface area contributed by atoms with E-state index in [1.165, 1.54) is 41.3 Å². The number of benzene rings is 1. The maximum atomic E-state index is 12.3. The van der Waals surface area contributed by atoms with Crippen molar-refractivity contribution in [3.8, 4) is 0 Å². The van der Waals surface area contributed by atoms with Crippen LogP contribution in [0.15, 0.2) is 23.9 Å². The predicted molar refractivity (Wildman–Crippen MR) is 88.6 cm³/mol. The summed E-state index contributed by atoms with van der Waals surface area (Å²) >= 11 is 0. The summed E-state index contributed by atoms with van der Waals surface area (Å²) < 4.78 is 0. The molecule has 4 rings (SSSR count). The van der Waals surface area contributed by atoms with Crippen molar-refractivity contribution in [2.45, 2.75) is 52.4 Å². The van der Waals surface area contributed by atoms with Crippen molar-refractivity contribution in [1.29, 1.82) is 0 Å². The monoisotopic (exact) mass is 294 g/mol. The number of hydrogen-bond donors (Lipinski definition) is 1. The van der Waals surface area contributed by atoms with Crippen LogP contribution in [0, 0.1) is 5.41 Å². The van der Waals surface area contributed by atoms with Gasteiger partial charge < -0.3 is 0 Å². The molecule has 2 aliphatic carbocycles. The summed E-state index contributed by atoms with van der Waals surface area (Å²) in [6, 6.07) is 4.30. The van der Waals surface area contributed by atoms with Crippen LogP contribution in [0.25, 0.3) is 16.5 Å². The van der Waals surface area contributed by atoms with E-state index >= 15 is 0 Å². The molecule has 0 spiro atoms. The molecule has 0 saturated carbocycles. The van der Waals surface area contributed by atoms with E-state index in [4.69, 9.17) is 0 Å². The summed E-state index contributed by atoms with van der Waals surface area (Å²) in [4.78, 5) is 12.3. The van der Waals surface area contributed by atoms with Gasteiger partial charge in [0.05, 0.1) is 11.7 Å². The Bertz CT molecular complexity index is 799. The highest BCUT2D eigenvalue weighted by Gasteiger charge is 2.46. The number of nitrogens with one attached hydrogen (secondary N) is 1. The van der Waals surface area contributed by atoms with Crippen molar-refractivity contribution in [1.82, 2.24) is 10.2 Å². The Balaban J connectivity index is 1.95. The van der Waals surface area contributed by atoms with Crippen LogP contribution in [-0.4, -0.2) is 16.0 Å². The van der Waals surface area contributed by atoms with E-state index in [2.05, 4.69) is 29.3 Å². The lowest BCUT2D eigenvalue weighted by Gasteiger charge is -2.36. The zero-order valence-corrected chi connectivity index (χ0v) is 13.3. The van der Waals surface area contributed by atoms with Crippen molar-refractivity contribution in [3.63, 3.8) is 0 Å². The predicted octanol–water partition coefficient (Wildman–Crippen LogP) is 4.43. The van der Waals surface area contributed by atoms with Crippen LogP contribution >= 0.6 is 0 Å². The molecule has 0 saturated heterocycles. The molecule has 114 valence electrons. The van der Waals surface area contributed by atoms with Crippen molar-refractivity contribution in [2.24, 2.45) is 5.41 Å². The van der Waals surface area contributed by atoms with Gasteiger partial charge in [-0.2, -0.15) is 5.10 Å². The van der Waals surface area contributed by atoms with Crippen LogP contribution in [0.4, 0.5) is 0 Å². The number of unbranched alkanes of at least 4 members (excludes halogenated alkanes) is 1. The second kappa shape index (κ2) is 4.80. The van der Waals surface area contributed by atoms with Gasteiger partial charge in [0.15, 0.2) is 5.78 Å². The van der Waals surface area contributed by atoms with Crippen molar-refractivity contribution < 1.29 is 4.79 Å². The van der Waals surface area contributed by atoms with Crippen LogP contribution in [0.1, 0.15) is 57.1 Å². The van der Waals surface area contributed by atoms with E-state index in [0.29, 0.717) is 12.2 Å². The van der Waals surface area contributed by atoms with Gasteiger partial charge in [0.2, 0.25) is 0 Å². The largest absolute Gasteiger partial charge is 0.295 e. The Kier molecular flexibility index (Phi) is 3.00. The zero-order valence-electron chi connectivity index (χ0n) is 13.3. The molecule has 2 aliphatic rings. The lowest BCUT2D eigenvalue weighted by atomic mass is 9.67. The standard InChI is InChI=1S/C19H22N2O/c1-3-4-8-19-9-7-17(22)12(2)18(19)13-5-6-16-15(11-20-21-16)14(13)10-19/h5-6,11H,3-4,7-10H2,1-2H3,(H,20,21). The number of nitrogens with zero attached hydrogens (tertiary/aromatic N) is 1. The number of aromatic amines is 1. The maximum absolute atomic E-state index is 12.3. The van der Waals surface area contributed by atoms with E-state index in [-0.39, 0.29) is 5.41 Å². The van der Waals surface area contributed by atoms with Gasteiger partial charge in [0, 0.05) is 17.2 Å². The minimum absolute atomic E-state index is 0.182. The molecule has 0 aliphatic heterocycles. The van der Waals surface area contributed by atoms with Crippen molar-refractivity contribution in [3.05, 3.63) is 35.0 Å². The number of carbonyl (C=O) groups excluding carboxylic acids is 1. The number of allylic oxidation sites excluding steroid dienone is 2. The SMILES string of the molecule is CCCCC12CCC(=O)C(C)=C1c1ccc3[nH]ncc3c1C2. The van der Waals surface area contributed by atoms with Gasteiger partial charge >= 0.3 is 0 Å². The minimum Gasteiger partial charge on any atom is -0.295 e. The fourth-order valence-electron chi connectivity index (χ4n) is 4.56. The summed E-state index contributed by atoms with van der Waals surface area (Å²) in [5, 5.41) is 8.51. The molecule has 1 unspecified atom stereocenters. The number of ketones is 1. The van der Waals surface area contributed by atoms with Gasteiger partial charge in [-0.25, -0.2) is 0 Å². The van der Waals surface area contributed by atoms with Crippen LogP contribution in [0.3, 0.4) is 0 Å². The van der Waals surface area contributed by atoms with E-state index in [0.717, 1.165) is 23.9 Å². The Hall–Kier alpha value is -1.90. The molecule has 2 aromatic rings. The van der Waals surface area contributed by atoms with Gasteiger partial charge in [-0.3, -0.25) is 9.89 Å². The number of carbonyl (C=O) groups is 1. The van der Waals surface area contributed by atoms with E-state index in [1.54, 1.807) is 0 Å². The van der Waals surface area contributed by atoms with E-state index in [9.17, 15) is 4.79 Å². The van der Waals surface area contributed by atoms with Crippen molar-refractivity contribution in [2.75, 3.05) is 0 Å². The Labute approximate surface area is 130 Å². The molecule has 1 aromatic carbocycles. The van der Waals surface area contributed by atoms with Gasteiger partial charge in [-0.05, 0) is 54.5 Å². The first-order chi connectivity index (χ1) is 10.7. The summed E-state index contributed by atoms with van der Waals surface area (Å²) in [5.74, 6) is 0.335. The molecule has 1 aromatic heterocycles. The summed E-state index contributed by atoms with van der Waals surface area (Å²) in [6.45, 7) is 4.28. The molecule has 22 heavy (non-hydrogen) atoms. The number of Topliss-reactive ketones (excluding diaryl/α,β-unsaturated/α-hetero) is 1. The number of rotatable bonds is 3. The lowest BCUT2D eigenvalue weighted by molar-refractivity contribution is -0.116. The lowest BCUT2D eigenvalue weighted by Crippen LogP contribution is -2.28. The molecular weight excluding hydrogens is 272 g/mol. The molecule has 0 radical (unpaired) electrons. The van der Waals surface area contributed by atoms with Crippen LogP contribution in [0.5, 0.6) is 0 Å². The molecule has 3 nitrogen and oxygen atoms in total. The van der Waals surface area contributed by atoms with Gasteiger partial charge in [0.1, 0.15) is 0 Å². The average Bonchev–Trinajstić information content (AvgIpc) is 3.11. The third-order valence-electron chi connectivity index (χ3n) is 5.68. The third kappa shape index (κ3) is 1.74. The van der Waals surface area contributed by atoms with Gasteiger partial charge in [-0.1, -0.05) is 25.8 Å². The first-order valence-electron chi connectivity index (χ1n) is 8.36. The third-order valence-corrected chi connectivity index (χ3v) is 5.68. The van der Waals surface area contributed by atoms with Gasteiger partial charge in [0.25, 0.3) is 0 Å². The van der Waals surface area contributed by atoms with E-state index in [1.807, 2.05) is 13.1 Å². The summed E-state index contributed by atoms with van der Waals surface area (Å²) in [6.07, 6.45) is 8.36. The normalized spacial score (nSPS) is 24.0. The summed E-state index contributed by atoms with van der Waals surface area (Å²) in [7, 11) is 0. The molecular formula is C19H22N2O. The first-order valence-corrected chi connectivity index (χ1v) is 8.36. The minimum atomic E-state index is 0.182. The average molecular weight is 294 g/mol. The highest BCUT2D eigenvalue weighted by Crippen LogP contribution is 2.57. The molecule has 0 fully saturated rings. The maximum Gasteiger partial charge on any atom is 0.158 e. The topological polar surface area (TPSA) is 45.8 Å². The molecule has 1 atom stereocenters. The second-order valence-electron chi connectivity index (χ2n) is 6.91. The molecule has 0 bridgehead atoms. The Morgan fingerprint density at radius 3 is 3.05 bits per heavy atom. The van der Waals surface area contributed by atoms with E-state index < -0.39 is 0 Å². The quantitative estimate of drug-likeness (QED) is 0.910. The summed E-state index contributed by atoms with van der Waals surface area (Å²) in [5.41, 5.74) is 6.33. The number of aromatic nitrogens is 2. The van der Waals surface area contributed by atoms with Crippen molar-refractivity contribution >= 4 is 22.3 Å². The number of H-pyrrole nitrogens is 1. The second-order valence-corrected chi connectivity index (χ2v) is 6.91. The Morgan fingerprint density at radius 2 is 2.23 bits per heavy atom. The number of fused-ring (bicyclic) bond motifs is 5. The zero-order chi connectivity index (χ0) is 15.3. The molecule has 1 heterocycles. The number of hydrogen-bond acceptors (Lipinski definition) is 2. The fraction of sp³-hybridized carbons (Fsp3) is 0.474. The molecule has 1 N–H and O–H groups in total. The molecule has 3 heteroatoms. The fourth-order valence-corrected chi connectivity index (χ4v) is 4.56. The Morgan fingerprint density at radius 1 is 1.36 bits per heavy atom. The molecule has 0 amide bonds. The highest BCUT2D eigenvalue weighted by molar-refractivity contribution is 6.07. The first kappa shape index (κ1) is 13.7. The van der Waals surface area contributed by atoms with Gasteiger partial charge in [-0.15, -0.1) is 0 Å². The highest BCUT2D eigenvalue weighted by atomic mass is 16.1. The van der Waals surface area contributed by atoms with Crippen LogP contribution in [0.2, 0.25) is 0 Å².